The summed E-state index contributed by atoms with van der Waals surface area (Å²) in [6.45, 7) is 2.22. The number of methoxy groups -OCH3 is 1. The van der Waals surface area contributed by atoms with Crippen molar-refractivity contribution in [1.82, 2.24) is 0 Å². The first-order chi connectivity index (χ1) is 5.81. The Balaban J connectivity index is 2.95. The highest BCUT2D eigenvalue weighted by atomic mass is 16.5. The predicted octanol–water partition coefficient (Wildman–Crippen LogP) is 3.36. The summed E-state index contributed by atoms with van der Waals surface area (Å²) >= 11 is 0. The summed E-state index contributed by atoms with van der Waals surface area (Å²) in [6.07, 6.45) is 8.46. The van der Waals surface area contributed by atoms with Gasteiger partial charge in [-0.3, -0.25) is 5.41 Å². The molecule has 0 atom stereocenters. The van der Waals surface area contributed by atoms with Crippen molar-refractivity contribution in [3.05, 3.63) is 0 Å². The summed E-state index contributed by atoms with van der Waals surface area (Å²) in [5.41, 5.74) is 0. The maximum absolute atomic E-state index is 7.23. The van der Waals surface area contributed by atoms with Crippen LogP contribution >= 0.6 is 0 Å². The van der Waals surface area contributed by atoms with Gasteiger partial charge in [0.2, 0.25) is 0 Å². The van der Waals surface area contributed by atoms with E-state index in [1.165, 1.54) is 32.1 Å². The van der Waals surface area contributed by atoms with Crippen molar-refractivity contribution in [2.45, 2.75) is 51.9 Å². The van der Waals surface area contributed by atoms with Gasteiger partial charge in [0.1, 0.15) is 0 Å². The molecule has 2 nitrogen and oxygen atoms in total. The number of hydrogen-bond acceptors (Lipinski definition) is 2. The van der Waals surface area contributed by atoms with Gasteiger partial charge in [0.15, 0.2) is 5.90 Å². The molecular weight excluding hydrogens is 150 g/mol. The topological polar surface area (TPSA) is 33.1 Å². The Bertz CT molecular complexity index is 112. The van der Waals surface area contributed by atoms with E-state index in [0.717, 1.165) is 12.8 Å². The number of ether oxygens (including phenoxy) is 1. The van der Waals surface area contributed by atoms with E-state index < -0.39 is 0 Å². The molecule has 0 heterocycles. The summed E-state index contributed by atoms with van der Waals surface area (Å²) < 4.78 is 4.76. The maximum Gasteiger partial charge on any atom is 0.180 e. The van der Waals surface area contributed by atoms with Crippen LogP contribution in [0.4, 0.5) is 0 Å². The SMILES string of the molecule is CCCCCCCCC(=N)OC. The molecule has 0 spiro atoms. The van der Waals surface area contributed by atoms with Gasteiger partial charge in [-0.15, -0.1) is 0 Å². The lowest BCUT2D eigenvalue weighted by Crippen LogP contribution is -1.97. The Hall–Kier alpha value is -0.530. The first-order valence-electron chi connectivity index (χ1n) is 4.92. The van der Waals surface area contributed by atoms with Crippen molar-refractivity contribution in [2.75, 3.05) is 7.11 Å². The van der Waals surface area contributed by atoms with Gasteiger partial charge in [-0.1, -0.05) is 39.0 Å². The van der Waals surface area contributed by atoms with Crippen molar-refractivity contribution in [2.24, 2.45) is 0 Å². The van der Waals surface area contributed by atoms with E-state index in [-0.39, 0.29) is 0 Å². The minimum Gasteiger partial charge on any atom is -0.484 e. The fraction of sp³-hybridized carbons (Fsp3) is 0.900. The molecule has 0 fully saturated rings. The molecule has 0 aliphatic rings. The van der Waals surface area contributed by atoms with E-state index in [0.29, 0.717) is 5.90 Å². The van der Waals surface area contributed by atoms with Crippen LogP contribution in [0.3, 0.4) is 0 Å². The average molecular weight is 171 g/mol. The maximum atomic E-state index is 7.23. The van der Waals surface area contributed by atoms with Gasteiger partial charge in [-0.25, -0.2) is 0 Å². The van der Waals surface area contributed by atoms with E-state index in [4.69, 9.17) is 10.1 Å². The number of rotatable bonds is 7. The van der Waals surface area contributed by atoms with Crippen LogP contribution in [0, 0.1) is 5.41 Å². The molecular formula is C10H21NO. The number of hydrogen-bond donors (Lipinski definition) is 1. The quantitative estimate of drug-likeness (QED) is 0.355. The monoisotopic (exact) mass is 171 g/mol. The zero-order valence-electron chi connectivity index (χ0n) is 8.36. The summed E-state index contributed by atoms with van der Waals surface area (Å²) in [4.78, 5) is 0. The molecule has 0 saturated carbocycles. The third-order valence-electron chi connectivity index (χ3n) is 2.00. The molecule has 0 rings (SSSR count). The van der Waals surface area contributed by atoms with Crippen LogP contribution < -0.4 is 0 Å². The van der Waals surface area contributed by atoms with Crippen LogP contribution in [-0.2, 0) is 4.74 Å². The number of nitrogens with one attached hydrogen (secondary N) is 1. The van der Waals surface area contributed by atoms with Crippen molar-refractivity contribution in [3.8, 4) is 0 Å². The van der Waals surface area contributed by atoms with Crippen LogP contribution in [0.2, 0.25) is 0 Å². The smallest absolute Gasteiger partial charge is 0.180 e. The second-order valence-electron chi connectivity index (χ2n) is 3.15. The molecule has 0 aliphatic heterocycles. The second kappa shape index (κ2) is 8.57. The largest absolute Gasteiger partial charge is 0.484 e. The summed E-state index contributed by atoms with van der Waals surface area (Å²) in [7, 11) is 1.57. The van der Waals surface area contributed by atoms with Gasteiger partial charge in [-0.2, -0.15) is 0 Å². The highest BCUT2D eigenvalue weighted by Crippen LogP contribution is 2.06. The standard InChI is InChI=1S/C10H21NO/c1-3-4-5-6-7-8-9-10(11)12-2/h11H,3-9H2,1-2H3. The van der Waals surface area contributed by atoms with Crippen molar-refractivity contribution in [1.29, 1.82) is 5.41 Å². The first kappa shape index (κ1) is 11.5. The van der Waals surface area contributed by atoms with Crippen LogP contribution in [0.5, 0.6) is 0 Å². The van der Waals surface area contributed by atoms with E-state index in [1.807, 2.05) is 0 Å². The molecule has 0 aromatic heterocycles. The van der Waals surface area contributed by atoms with Crippen LogP contribution in [-0.4, -0.2) is 13.0 Å². The molecule has 0 aromatic rings. The summed E-state index contributed by atoms with van der Waals surface area (Å²) in [5.74, 6) is 0.422. The van der Waals surface area contributed by atoms with E-state index in [1.54, 1.807) is 7.11 Å². The lowest BCUT2D eigenvalue weighted by atomic mass is 10.1. The van der Waals surface area contributed by atoms with Crippen molar-refractivity contribution >= 4 is 5.90 Å². The Morgan fingerprint density at radius 2 is 1.67 bits per heavy atom. The molecule has 0 amide bonds. The highest BCUT2D eigenvalue weighted by Gasteiger charge is 1.94. The zero-order chi connectivity index (χ0) is 9.23. The molecule has 1 N–H and O–H groups in total. The molecule has 0 aromatic carbocycles. The fourth-order valence-electron chi connectivity index (χ4n) is 1.17. The van der Waals surface area contributed by atoms with Gasteiger partial charge >= 0.3 is 0 Å². The predicted molar refractivity (Wildman–Crippen MR) is 52.7 cm³/mol. The van der Waals surface area contributed by atoms with E-state index in [2.05, 4.69) is 6.92 Å². The van der Waals surface area contributed by atoms with Crippen molar-refractivity contribution < 1.29 is 4.74 Å². The molecule has 0 bridgehead atoms. The van der Waals surface area contributed by atoms with Crippen LogP contribution in [0.25, 0.3) is 0 Å². The number of unbranched alkanes of at least 4 members (excludes halogenated alkanes) is 5. The molecule has 0 unspecified atom stereocenters. The van der Waals surface area contributed by atoms with Crippen LogP contribution in [0.15, 0.2) is 0 Å². The first-order valence-corrected chi connectivity index (χ1v) is 4.92. The van der Waals surface area contributed by atoms with Gasteiger partial charge in [0, 0.05) is 6.42 Å². The molecule has 0 aliphatic carbocycles. The Morgan fingerprint density at radius 3 is 2.25 bits per heavy atom. The second-order valence-corrected chi connectivity index (χ2v) is 3.15. The third-order valence-corrected chi connectivity index (χ3v) is 2.00. The minimum absolute atomic E-state index is 0.422. The lowest BCUT2D eigenvalue weighted by molar-refractivity contribution is 0.382. The van der Waals surface area contributed by atoms with Gasteiger partial charge in [0.25, 0.3) is 0 Å². The highest BCUT2D eigenvalue weighted by molar-refractivity contribution is 5.72. The van der Waals surface area contributed by atoms with Gasteiger partial charge in [-0.05, 0) is 6.42 Å². The van der Waals surface area contributed by atoms with Crippen molar-refractivity contribution in [3.63, 3.8) is 0 Å². The Labute approximate surface area is 75.8 Å². The minimum atomic E-state index is 0.422. The summed E-state index contributed by atoms with van der Waals surface area (Å²) in [5, 5.41) is 7.23. The zero-order valence-corrected chi connectivity index (χ0v) is 8.36. The third kappa shape index (κ3) is 7.58. The Kier molecular flexibility index (Phi) is 8.19. The molecule has 2 heteroatoms. The normalized spacial score (nSPS) is 9.83. The van der Waals surface area contributed by atoms with Gasteiger partial charge in [0.05, 0.1) is 7.11 Å². The van der Waals surface area contributed by atoms with Crippen LogP contribution in [0.1, 0.15) is 51.9 Å². The summed E-state index contributed by atoms with van der Waals surface area (Å²) in [6, 6.07) is 0. The van der Waals surface area contributed by atoms with Gasteiger partial charge < -0.3 is 4.74 Å². The molecule has 0 radical (unpaired) electrons. The molecule has 0 saturated heterocycles. The van der Waals surface area contributed by atoms with E-state index >= 15 is 0 Å². The van der Waals surface area contributed by atoms with E-state index in [9.17, 15) is 0 Å². The molecule has 72 valence electrons. The fourth-order valence-corrected chi connectivity index (χ4v) is 1.17. The average Bonchev–Trinajstić information content (AvgIpc) is 2.10. The lowest BCUT2D eigenvalue weighted by Gasteiger charge is -2.01. The Morgan fingerprint density at radius 1 is 1.08 bits per heavy atom. The molecule has 12 heavy (non-hydrogen) atoms.